The van der Waals surface area contributed by atoms with Gasteiger partial charge in [-0.3, -0.25) is 0 Å². The Bertz CT molecular complexity index is 648. The molecule has 0 radical (unpaired) electrons. The quantitative estimate of drug-likeness (QED) is 0.590. The molecule has 0 aliphatic heterocycles. The van der Waals surface area contributed by atoms with Crippen molar-refractivity contribution in [1.82, 2.24) is 0 Å². The van der Waals surface area contributed by atoms with Crippen LogP contribution in [0.1, 0.15) is 25.0 Å². The first kappa shape index (κ1) is 24.4. The molecule has 0 aliphatic carbocycles. The van der Waals surface area contributed by atoms with E-state index in [2.05, 4.69) is 30.1 Å². The second-order valence-electron chi connectivity index (χ2n) is 5.76. The first-order valence-electron chi connectivity index (χ1n) is 8.43. The largest absolute Gasteiger partial charge is 0.545 e. The first-order chi connectivity index (χ1) is 12.8. The smallest absolute Gasteiger partial charge is 0.0643 e. The number of carboxylic acids is 2. The molecule has 4 nitrogen and oxygen atoms in total. The maximum Gasteiger partial charge on any atom is 0.0643 e. The third-order valence-corrected chi connectivity index (χ3v) is 3.84. The van der Waals surface area contributed by atoms with Crippen molar-refractivity contribution in [2.75, 3.05) is 0 Å². The SMILES string of the molecule is CC(C)[CH2][Al+2].O=C([O-])C=Cc1ccccc1.O=C([O-])C=Cc1ccccc1. The molecule has 0 saturated heterocycles. The Balaban J connectivity index is 0.000000405. The number of carboxylic acid groups (broad SMARTS) is 2. The molecule has 0 saturated carbocycles. The molecule has 0 atom stereocenters. The molecule has 0 fully saturated rings. The fraction of sp³-hybridized carbons (Fsp3) is 0.182. The average Bonchev–Trinajstić information content (AvgIpc) is 2.67. The van der Waals surface area contributed by atoms with E-state index < -0.39 is 11.9 Å². The van der Waals surface area contributed by atoms with Gasteiger partial charge in [0.1, 0.15) is 0 Å². The summed E-state index contributed by atoms with van der Waals surface area (Å²) in [5.74, 6) is -1.50. The van der Waals surface area contributed by atoms with Gasteiger partial charge in [0.15, 0.2) is 0 Å². The number of hydrogen-bond donors (Lipinski definition) is 0. The third kappa shape index (κ3) is 16.6. The van der Waals surface area contributed by atoms with E-state index in [0.717, 1.165) is 29.2 Å². The molecule has 0 heterocycles. The Morgan fingerprint density at radius 3 is 1.33 bits per heavy atom. The molecule has 0 aromatic heterocycles. The van der Waals surface area contributed by atoms with Crippen LogP contribution < -0.4 is 10.2 Å². The molecule has 2 rings (SSSR count). The number of carbonyl (C=O) groups excluding carboxylic acids is 2. The summed E-state index contributed by atoms with van der Waals surface area (Å²) in [6.45, 7) is 4.40. The standard InChI is InChI=1S/2C9H8O2.C4H9.Al/c2*10-9(11)7-6-8-4-2-1-3-5-8;1-4(2)3;/h2*1-7H,(H,10,11);4H,1H2,2-3H3;/q;;;+2/p-2. The Morgan fingerprint density at radius 1 is 0.815 bits per heavy atom. The van der Waals surface area contributed by atoms with Crippen LogP contribution in [0.3, 0.4) is 0 Å². The van der Waals surface area contributed by atoms with Gasteiger partial charge in [0.2, 0.25) is 0 Å². The van der Waals surface area contributed by atoms with Gasteiger partial charge in [0.25, 0.3) is 0 Å². The molecule has 2 aromatic rings. The van der Waals surface area contributed by atoms with Gasteiger partial charge in [-0.25, -0.2) is 0 Å². The summed E-state index contributed by atoms with van der Waals surface area (Å²) in [6.07, 6.45) is 5.01. The predicted molar refractivity (Wildman–Crippen MR) is 106 cm³/mol. The van der Waals surface area contributed by atoms with Gasteiger partial charge in [0, 0.05) is 0 Å². The van der Waals surface area contributed by atoms with E-state index in [4.69, 9.17) is 0 Å². The number of carbonyl (C=O) groups is 2. The zero-order valence-corrected chi connectivity index (χ0v) is 16.7. The van der Waals surface area contributed by atoms with E-state index >= 15 is 0 Å². The van der Waals surface area contributed by atoms with Crippen LogP contribution in [0.15, 0.2) is 72.8 Å². The van der Waals surface area contributed by atoms with Gasteiger partial charge < -0.3 is 19.8 Å². The van der Waals surface area contributed by atoms with Crippen LogP contribution in [0.5, 0.6) is 0 Å². The van der Waals surface area contributed by atoms with Crippen molar-refractivity contribution in [3.05, 3.63) is 83.9 Å². The van der Waals surface area contributed by atoms with E-state index in [1.807, 2.05) is 60.7 Å². The van der Waals surface area contributed by atoms with Crippen molar-refractivity contribution in [2.45, 2.75) is 19.1 Å². The molecular formula is C22H23AlO4. The van der Waals surface area contributed by atoms with Crippen molar-refractivity contribution >= 4 is 40.4 Å². The van der Waals surface area contributed by atoms with Crippen LogP contribution in [0.25, 0.3) is 12.2 Å². The molecular weight excluding hydrogens is 355 g/mol. The summed E-state index contributed by atoms with van der Waals surface area (Å²) in [7, 11) is 0. The van der Waals surface area contributed by atoms with Crippen LogP contribution in [0, 0.1) is 5.92 Å². The number of hydrogen-bond acceptors (Lipinski definition) is 4. The van der Waals surface area contributed by atoms with Crippen molar-refractivity contribution in [3.63, 3.8) is 0 Å². The summed E-state index contributed by atoms with van der Waals surface area (Å²) in [6, 6.07) is 18.4. The summed E-state index contributed by atoms with van der Waals surface area (Å²) in [4.78, 5) is 19.9. The Labute approximate surface area is 169 Å². The first-order valence-corrected chi connectivity index (χ1v) is 9.25. The Morgan fingerprint density at radius 2 is 1.11 bits per heavy atom. The monoisotopic (exact) mass is 378 g/mol. The van der Waals surface area contributed by atoms with Crippen LogP contribution in [0.4, 0.5) is 0 Å². The molecule has 0 bridgehead atoms. The van der Waals surface area contributed by atoms with E-state index in [1.54, 1.807) is 0 Å². The normalized spacial score (nSPS) is 10.1. The van der Waals surface area contributed by atoms with Gasteiger partial charge >= 0.3 is 41.3 Å². The number of benzene rings is 2. The molecule has 2 aromatic carbocycles. The van der Waals surface area contributed by atoms with Crippen LogP contribution in [-0.4, -0.2) is 28.2 Å². The van der Waals surface area contributed by atoms with Crippen molar-refractivity contribution in [3.8, 4) is 0 Å². The maximum absolute atomic E-state index is 9.97. The number of aliphatic carboxylic acids is 2. The van der Waals surface area contributed by atoms with Gasteiger partial charge in [0.05, 0.1) is 11.9 Å². The van der Waals surface area contributed by atoms with Gasteiger partial charge in [-0.05, 0) is 23.3 Å². The van der Waals surface area contributed by atoms with Gasteiger partial charge in [-0.1, -0.05) is 72.8 Å². The summed E-state index contributed by atoms with van der Waals surface area (Å²) in [5, 5.41) is 21.2. The van der Waals surface area contributed by atoms with E-state index in [0.29, 0.717) is 0 Å². The molecule has 0 unspecified atom stereocenters. The maximum atomic E-state index is 9.97. The zero-order valence-electron chi connectivity index (χ0n) is 15.6. The molecule has 0 spiro atoms. The molecule has 0 amide bonds. The van der Waals surface area contributed by atoms with Crippen LogP contribution in [-0.2, 0) is 9.59 Å². The van der Waals surface area contributed by atoms with E-state index in [1.165, 1.54) is 17.4 Å². The minimum absolute atomic E-state index is 0.847. The summed E-state index contributed by atoms with van der Waals surface area (Å²) < 4.78 is 0. The molecule has 138 valence electrons. The second-order valence-corrected chi connectivity index (χ2v) is 6.23. The van der Waals surface area contributed by atoms with Crippen LogP contribution >= 0.6 is 0 Å². The average molecular weight is 378 g/mol. The van der Waals surface area contributed by atoms with Crippen molar-refractivity contribution in [1.29, 1.82) is 0 Å². The fourth-order valence-corrected chi connectivity index (χ4v) is 1.46. The van der Waals surface area contributed by atoms with Gasteiger partial charge in [-0.15, -0.1) is 0 Å². The van der Waals surface area contributed by atoms with E-state index in [-0.39, 0.29) is 0 Å². The number of rotatable bonds is 5. The molecule has 5 heteroatoms. The summed E-state index contributed by atoms with van der Waals surface area (Å²) in [5.41, 5.74) is 1.72. The molecule has 27 heavy (non-hydrogen) atoms. The fourth-order valence-electron chi connectivity index (χ4n) is 1.46. The second kappa shape index (κ2) is 15.6. The van der Waals surface area contributed by atoms with Crippen molar-refractivity contribution < 1.29 is 19.8 Å². The third-order valence-electron chi connectivity index (χ3n) is 2.89. The zero-order chi connectivity index (χ0) is 20.5. The molecule has 0 N–H and O–H groups in total. The van der Waals surface area contributed by atoms with Gasteiger partial charge in [-0.2, -0.15) is 0 Å². The Kier molecular flexibility index (Phi) is 14.1. The summed E-state index contributed by atoms with van der Waals surface area (Å²) >= 11 is 2.69. The van der Waals surface area contributed by atoms with E-state index in [9.17, 15) is 19.8 Å². The predicted octanol–water partition coefficient (Wildman–Crippen LogP) is 2.13. The minimum atomic E-state index is -1.17. The molecule has 0 aliphatic rings. The Hall–Kier alpha value is -2.61. The topological polar surface area (TPSA) is 80.3 Å². The minimum Gasteiger partial charge on any atom is -0.545 e. The van der Waals surface area contributed by atoms with Crippen molar-refractivity contribution in [2.24, 2.45) is 5.92 Å². The van der Waals surface area contributed by atoms with Crippen LogP contribution in [0.2, 0.25) is 5.28 Å².